The van der Waals surface area contributed by atoms with Gasteiger partial charge in [0.15, 0.2) is 5.78 Å². The SMILES string of the molecule is CC1=C(CNCC(=O)O)C(=O)C(C(C)C)=CC1=C(c1ccccc1S(=O)(=O)[O-])c1cc(C(C)C)c(O)c(CNCC(=O)O)c1C.[Na+]. The number of phenolic OH excluding ortho intramolecular Hbond substituents is 1. The number of carboxylic acid groups (broad SMARTS) is 2. The fourth-order valence-electron chi connectivity index (χ4n) is 5.42. The summed E-state index contributed by atoms with van der Waals surface area (Å²) in [6, 6.07) is 7.47. The zero-order valence-electron chi connectivity index (χ0n) is 27.1. The molecule has 13 heteroatoms. The Morgan fingerprint density at radius 3 is 2.00 bits per heavy atom. The summed E-state index contributed by atoms with van der Waals surface area (Å²) in [7, 11) is -4.99. The van der Waals surface area contributed by atoms with E-state index in [1.165, 1.54) is 18.2 Å². The topological polar surface area (TPSA) is 193 Å². The van der Waals surface area contributed by atoms with Crippen LogP contribution in [0.1, 0.15) is 68.4 Å². The van der Waals surface area contributed by atoms with E-state index in [4.69, 9.17) is 0 Å². The Morgan fingerprint density at radius 2 is 1.48 bits per heavy atom. The van der Waals surface area contributed by atoms with E-state index in [0.29, 0.717) is 50.1 Å². The predicted octanol–water partition coefficient (Wildman–Crippen LogP) is 0.864. The number of rotatable bonds is 13. The zero-order valence-corrected chi connectivity index (χ0v) is 30.0. The summed E-state index contributed by atoms with van der Waals surface area (Å²) in [6.45, 7) is 9.91. The number of aliphatic carboxylic acids is 2. The van der Waals surface area contributed by atoms with Gasteiger partial charge in [-0.2, -0.15) is 0 Å². The van der Waals surface area contributed by atoms with Crippen LogP contribution in [0.25, 0.3) is 5.57 Å². The molecule has 1 aliphatic rings. The number of ketones is 1. The van der Waals surface area contributed by atoms with Gasteiger partial charge in [0.1, 0.15) is 15.9 Å². The van der Waals surface area contributed by atoms with Crippen LogP contribution in [-0.2, 0) is 31.0 Å². The first-order valence-electron chi connectivity index (χ1n) is 14.4. The van der Waals surface area contributed by atoms with Gasteiger partial charge in [-0.25, -0.2) is 8.42 Å². The van der Waals surface area contributed by atoms with E-state index in [1.54, 1.807) is 32.1 Å². The number of benzene rings is 2. The molecule has 0 saturated heterocycles. The summed E-state index contributed by atoms with van der Waals surface area (Å²) in [6.07, 6.45) is 1.68. The molecule has 0 fully saturated rings. The summed E-state index contributed by atoms with van der Waals surface area (Å²) in [5.74, 6) is -2.99. The number of allylic oxidation sites excluding steroid dienone is 4. The second-order valence-electron chi connectivity index (χ2n) is 11.5. The van der Waals surface area contributed by atoms with Crippen molar-refractivity contribution in [2.75, 3.05) is 19.6 Å². The largest absolute Gasteiger partial charge is 1.00 e. The first-order valence-corrected chi connectivity index (χ1v) is 15.8. The molecule has 0 atom stereocenters. The third-order valence-corrected chi connectivity index (χ3v) is 8.67. The smallest absolute Gasteiger partial charge is 0.744 e. The maximum Gasteiger partial charge on any atom is 1.00 e. The van der Waals surface area contributed by atoms with Gasteiger partial charge < -0.3 is 30.5 Å². The molecular weight excluding hydrogens is 623 g/mol. The average molecular weight is 663 g/mol. The van der Waals surface area contributed by atoms with Crippen LogP contribution in [0.3, 0.4) is 0 Å². The maximum absolute atomic E-state index is 13.6. The van der Waals surface area contributed by atoms with Gasteiger partial charge in [0.25, 0.3) is 0 Å². The van der Waals surface area contributed by atoms with E-state index in [9.17, 15) is 42.7 Å². The molecule has 0 bridgehead atoms. The van der Waals surface area contributed by atoms with Crippen molar-refractivity contribution in [1.82, 2.24) is 10.6 Å². The second-order valence-corrected chi connectivity index (χ2v) is 12.9. The molecule has 0 amide bonds. The van der Waals surface area contributed by atoms with Crippen LogP contribution in [0.5, 0.6) is 5.75 Å². The van der Waals surface area contributed by atoms with E-state index in [2.05, 4.69) is 10.6 Å². The molecule has 0 aromatic heterocycles. The summed E-state index contributed by atoms with van der Waals surface area (Å²) in [5, 5.41) is 35.2. The molecular formula is C33H39N2NaO9S. The number of carbonyl (C=O) groups excluding carboxylic acids is 1. The minimum absolute atomic E-state index is 0. The van der Waals surface area contributed by atoms with Crippen LogP contribution >= 0.6 is 0 Å². The van der Waals surface area contributed by atoms with Crippen molar-refractivity contribution in [2.45, 2.75) is 58.9 Å². The first-order chi connectivity index (χ1) is 21.0. The van der Waals surface area contributed by atoms with Crippen LogP contribution in [0.4, 0.5) is 0 Å². The number of hydrogen-bond acceptors (Lipinski definition) is 9. The summed E-state index contributed by atoms with van der Waals surface area (Å²) >= 11 is 0. The number of phenols is 1. The fraction of sp³-hybridized carbons (Fsp3) is 0.364. The van der Waals surface area contributed by atoms with E-state index in [-0.39, 0.29) is 78.1 Å². The minimum atomic E-state index is -4.99. The van der Waals surface area contributed by atoms with Crippen LogP contribution < -0.4 is 40.2 Å². The molecule has 3 rings (SSSR count). The molecule has 1 aliphatic carbocycles. The quantitative estimate of drug-likeness (QED) is 0.151. The monoisotopic (exact) mass is 662 g/mol. The standard InChI is InChI=1S/C33H40N2O9S.Na/c1-17(2)22-11-24(19(5)26(32(22)40)13-34-15-29(36)37)31(21-9-7-8-10-28(21)45(42,43)44)25-12-23(18(3)4)33(41)27(20(25)6)14-35-16-30(38)39;/h7-12,17-18,34-35,40H,13-16H2,1-6H3,(H,36,37)(H,38,39)(H,42,43,44);/q;+1/p-1. The van der Waals surface area contributed by atoms with Gasteiger partial charge >= 0.3 is 41.5 Å². The van der Waals surface area contributed by atoms with E-state index >= 15 is 0 Å². The van der Waals surface area contributed by atoms with Crippen LogP contribution in [0.15, 0.2) is 63.6 Å². The molecule has 0 radical (unpaired) electrons. The van der Waals surface area contributed by atoms with Crippen molar-refractivity contribution < 1.29 is 72.2 Å². The number of nitrogens with one attached hydrogen (secondary N) is 2. The Morgan fingerprint density at radius 1 is 0.913 bits per heavy atom. The number of carboxylic acids is 2. The molecule has 0 saturated carbocycles. The molecule has 0 aliphatic heterocycles. The maximum atomic E-state index is 13.6. The van der Waals surface area contributed by atoms with E-state index in [0.717, 1.165) is 0 Å². The van der Waals surface area contributed by atoms with Crippen LogP contribution in [0, 0.1) is 12.8 Å². The van der Waals surface area contributed by atoms with Crippen molar-refractivity contribution in [3.8, 4) is 5.75 Å². The van der Waals surface area contributed by atoms with Gasteiger partial charge in [0.05, 0.1) is 18.0 Å². The molecule has 0 spiro atoms. The minimum Gasteiger partial charge on any atom is -0.744 e. The third-order valence-electron chi connectivity index (χ3n) is 7.77. The van der Waals surface area contributed by atoms with Crippen molar-refractivity contribution in [2.24, 2.45) is 5.92 Å². The molecule has 5 N–H and O–H groups in total. The number of hydrogen-bond donors (Lipinski definition) is 5. The molecule has 0 unspecified atom stereocenters. The van der Waals surface area contributed by atoms with Gasteiger partial charge in [0, 0.05) is 35.4 Å². The van der Waals surface area contributed by atoms with Crippen molar-refractivity contribution >= 4 is 33.4 Å². The Hall–Kier alpha value is -3.10. The third kappa shape index (κ3) is 8.82. The molecule has 0 heterocycles. The normalized spacial score (nSPS) is 14.8. The van der Waals surface area contributed by atoms with Gasteiger partial charge in [-0.1, -0.05) is 45.9 Å². The van der Waals surface area contributed by atoms with Crippen LogP contribution in [0.2, 0.25) is 0 Å². The second kappa shape index (κ2) is 16.1. The molecule has 46 heavy (non-hydrogen) atoms. The van der Waals surface area contributed by atoms with Crippen LogP contribution in [-0.4, -0.2) is 65.6 Å². The fourth-order valence-corrected chi connectivity index (χ4v) is 6.10. The van der Waals surface area contributed by atoms with Crippen molar-refractivity contribution in [3.63, 3.8) is 0 Å². The molecule has 2 aromatic rings. The van der Waals surface area contributed by atoms with Gasteiger partial charge in [-0.05, 0) is 77.3 Å². The number of Topliss-reactive ketones (excluding diaryl/α,β-unsaturated/α-hetero) is 1. The summed E-state index contributed by atoms with van der Waals surface area (Å²) in [5.41, 5.74) is 3.90. The Balaban J connectivity index is 0.00000736. The average Bonchev–Trinajstić information content (AvgIpc) is 2.93. The molecule has 11 nitrogen and oxygen atoms in total. The summed E-state index contributed by atoms with van der Waals surface area (Å²) < 4.78 is 37.8. The van der Waals surface area contributed by atoms with Gasteiger partial charge in [-0.3, -0.25) is 14.4 Å². The zero-order chi connectivity index (χ0) is 33.8. The Labute approximate surface area is 291 Å². The predicted molar refractivity (Wildman–Crippen MR) is 168 cm³/mol. The van der Waals surface area contributed by atoms with E-state index in [1.807, 2.05) is 27.7 Å². The Bertz CT molecular complexity index is 1740. The molecule has 242 valence electrons. The van der Waals surface area contributed by atoms with Gasteiger partial charge in [-0.15, -0.1) is 0 Å². The van der Waals surface area contributed by atoms with Crippen molar-refractivity contribution in [3.05, 3.63) is 86.5 Å². The number of aromatic hydroxyl groups is 1. The number of carbonyl (C=O) groups is 3. The van der Waals surface area contributed by atoms with Crippen molar-refractivity contribution in [1.29, 1.82) is 0 Å². The first kappa shape index (κ1) is 39.1. The van der Waals surface area contributed by atoms with E-state index < -0.39 is 33.5 Å². The van der Waals surface area contributed by atoms with Gasteiger partial charge in [0.2, 0.25) is 0 Å². The Kier molecular flexibility index (Phi) is 13.7. The summed E-state index contributed by atoms with van der Waals surface area (Å²) in [4.78, 5) is 35.6. The molecule has 2 aromatic carbocycles.